The molecule has 0 bridgehead atoms. The standard InChI is InChI=1S/C12H8ClN5O/c13-11-4-3-8(6-14-11)17-12(19)9-7-16-18-10(9)2-1-5-15-18/h1-7H,(H,17,19). The monoisotopic (exact) mass is 273 g/mol. The van der Waals surface area contributed by atoms with Crippen molar-refractivity contribution in [3.8, 4) is 0 Å². The third kappa shape index (κ3) is 2.25. The van der Waals surface area contributed by atoms with E-state index in [2.05, 4.69) is 20.5 Å². The second-order valence-corrected chi connectivity index (χ2v) is 4.17. The first-order chi connectivity index (χ1) is 9.24. The average molecular weight is 274 g/mol. The summed E-state index contributed by atoms with van der Waals surface area (Å²) in [5.74, 6) is -0.271. The summed E-state index contributed by atoms with van der Waals surface area (Å²) in [6.07, 6.45) is 4.57. The van der Waals surface area contributed by atoms with Crippen LogP contribution in [0, 0.1) is 0 Å². The molecule has 0 saturated heterocycles. The van der Waals surface area contributed by atoms with Gasteiger partial charge in [0.25, 0.3) is 5.91 Å². The summed E-state index contributed by atoms with van der Waals surface area (Å²) in [7, 11) is 0. The van der Waals surface area contributed by atoms with Gasteiger partial charge in [-0.25, -0.2) is 4.98 Å². The quantitative estimate of drug-likeness (QED) is 0.725. The highest BCUT2D eigenvalue weighted by atomic mass is 35.5. The van der Waals surface area contributed by atoms with E-state index in [-0.39, 0.29) is 5.91 Å². The molecule has 0 aliphatic rings. The van der Waals surface area contributed by atoms with Crippen molar-refractivity contribution in [2.45, 2.75) is 0 Å². The summed E-state index contributed by atoms with van der Waals surface area (Å²) in [6.45, 7) is 0. The van der Waals surface area contributed by atoms with Crippen molar-refractivity contribution < 1.29 is 4.79 Å². The largest absolute Gasteiger partial charge is 0.320 e. The Labute approximate surface area is 113 Å². The Bertz CT molecular complexity index is 737. The van der Waals surface area contributed by atoms with E-state index in [1.165, 1.54) is 17.0 Å². The summed E-state index contributed by atoms with van der Waals surface area (Å²) in [5, 5.41) is 11.1. The van der Waals surface area contributed by atoms with Crippen molar-refractivity contribution in [3.63, 3.8) is 0 Å². The lowest BCUT2D eigenvalue weighted by molar-refractivity contribution is 0.102. The third-order valence-corrected chi connectivity index (χ3v) is 2.76. The smallest absolute Gasteiger partial charge is 0.259 e. The molecule has 0 atom stereocenters. The molecule has 0 fully saturated rings. The molecule has 94 valence electrons. The highest BCUT2D eigenvalue weighted by Gasteiger charge is 2.13. The molecule has 3 aromatic heterocycles. The zero-order valence-electron chi connectivity index (χ0n) is 9.62. The minimum Gasteiger partial charge on any atom is -0.320 e. The molecular formula is C12H8ClN5O. The molecule has 0 radical (unpaired) electrons. The molecule has 1 N–H and O–H groups in total. The number of nitrogens with one attached hydrogen (secondary N) is 1. The minimum absolute atomic E-state index is 0.271. The van der Waals surface area contributed by atoms with E-state index in [9.17, 15) is 4.79 Å². The molecule has 0 aromatic carbocycles. The van der Waals surface area contributed by atoms with Crippen LogP contribution in [0.25, 0.3) is 5.52 Å². The van der Waals surface area contributed by atoms with Crippen molar-refractivity contribution >= 4 is 28.7 Å². The van der Waals surface area contributed by atoms with Gasteiger partial charge in [0, 0.05) is 6.20 Å². The van der Waals surface area contributed by atoms with Crippen LogP contribution < -0.4 is 5.32 Å². The molecule has 19 heavy (non-hydrogen) atoms. The van der Waals surface area contributed by atoms with E-state index in [1.54, 1.807) is 30.5 Å². The number of fused-ring (bicyclic) bond motifs is 1. The highest BCUT2D eigenvalue weighted by molar-refractivity contribution is 6.29. The van der Waals surface area contributed by atoms with Crippen LogP contribution in [0.15, 0.2) is 42.9 Å². The van der Waals surface area contributed by atoms with Crippen molar-refractivity contribution in [3.05, 3.63) is 53.6 Å². The number of carbonyl (C=O) groups is 1. The van der Waals surface area contributed by atoms with Gasteiger partial charge in [-0.3, -0.25) is 4.79 Å². The maximum atomic E-state index is 12.1. The predicted molar refractivity (Wildman–Crippen MR) is 70.2 cm³/mol. The predicted octanol–water partition coefficient (Wildman–Crippen LogP) is 2.03. The fraction of sp³-hybridized carbons (Fsp3) is 0. The van der Waals surface area contributed by atoms with Crippen LogP contribution >= 0.6 is 11.6 Å². The summed E-state index contributed by atoms with van der Waals surface area (Å²) < 4.78 is 1.40. The molecular weight excluding hydrogens is 266 g/mol. The van der Waals surface area contributed by atoms with E-state index < -0.39 is 0 Å². The van der Waals surface area contributed by atoms with Gasteiger partial charge in [0.15, 0.2) is 0 Å². The molecule has 3 aromatic rings. The van der Waals surface area contributed by atoms with E-state index in [0.29, 0.717) is 21.9 Å². The van der Waals surface area contributed by atoms with Gasteiger partial charge in [0.2, 0.25) is 0 Å². The van der Waals surface area contributed by atoms with Gasteiger partial charge in [-0.15, -0.1) is 0 Å². The fourth-order valence-electron chi connectivity index (χ4n) is 1.66. The fourth-order valence-corrected chi connectivity index (χ4v) is 1.77. The maximum Gasteiger partial charge on any atom is 0.259 e. The lowest BCUT2D eigenvalue weighted by Gasteiger charge is -2.03. The lowest BCUT2D eigenvalue weighted by atomic mass is 10.2. The summed E-state index contributed by atoms with van der Waals surface area (Å²) in [5.41, 5.74) is 1.66. The Hall–Kier alpha value is -2.47. The normalized spacial score (nSPS) is 10.6. The van der Waals surface area contributed by atoms with Gasteiger partial charge in [0.05, 0.1) is 23.6 Å². The number of hydrogen-bond donors (Lipinski definition) is 1. The molecule has 0 saturated carbocycles. The first kappa shape index (κ1) is 11.6. The van der Waals surface area contributed by atoms with Gasteiger partial charge >= 0.3 is 0 Å². The number of nitrogens with zero attached hydrogens (tertiary/aromatic N) is 4. The molecule has 0 spiro atoms. The zero-order valence-corrected chi connectivity index (χ0v) is 10.4. The number of amides is 1. The lowest BCUT2D eigenvalue weighted by Crippen LogP contribution is -2.11. The van der Waals surface area contributed by atoms with Crippen molar-refractivity contribution in [2.75, 3.05) is 5.32 Å². The van der Waals surface area contributed by atoms with Crippen LogP contribution in [0.1, 0.15) is 10.4 Å². The second kappa shape index (κ2) is 4.66. The number of carbonyl (C=O) groups excluding carboxylic acids is 1. The first-order valence-corrected chi connectivity index (χ1v) is 5.84. The number of hydrogen-bond acceptors (Lipinski definition) is 4. The van der Waals surface area contributed by atoms with Crippen LogP contribution in [0.3, 0.4) is 0 Å². The van der Waals surface area contributed by atoms with E-state index in [4.69, 9.17) is 11.6 Å². The second-order valence-electron chi connectivity index (χ2n) is 3.78. The summed E-state index contributed by atoms with van der Waals surface area (Å²) in [6, 6.07) is 6.80. The van der Waals surface area contributed by atoms with Crippen LogP contribution in [0.4, 0.5) is 5.69 Å². The Morgan fingerprint density at radius 2 is 2.11 bits per heavy atom. The van der Waals surface area contributed by atoms with Gasteiger partial charge in [-0.05, 0) is 24.3 Å². The molecule has 0 aliphatic heterocycles. The third-order valence-electron chi connectivity index (χ3n) is 2.53. The Morgan fingerprint density at radius 1 is 1.21 bits per heavy atom. The number of aromatic nitrogens is 4. The zero-order chi connectivity index (χ0) is 13.2. The van der Waals surface area contributed by atoms with Crippen LogP contribution in [0.5, 0.6) is 0 Å². The van der Waals surface area contributed by atoms with E-state index in [1.807, 2.05) is 0 Å². The molecule has 3 rings (SSSR count). The van der Waals surface area contributed by atoms with Crippen LogP contribution in [0.2, 0.25) is 5.15 Å². The number of halogens is 1. The highest BCUT2D eigenvalue weighted by Crippen LogP contribution is 2.13. The van der Waals surface area contributed by atoms with Gasteiger partial charge < -0.3 is 5.32 Å². The Kier molecular flexibility index (Phi) is 2.85. The molecule has 6 nitrogen and oxygen atoms in total. The summed E-state index contributed by atoms with van der Waals surface area (Å²) >= 11 is 5.68. The Morgan fingerprint density at radius 3 is 2.89 bits per heavy atom. The van der Waals surface area contributed by atoms with Gasteiger partial charge in [-0.1, -0.05) is 11.6 Å². The topological polar surface area (TPSA) is 72.2 Å². The van der Waals surface area contributed by atoms with Crippen molar-refractivity contribution in [1.82, 2.24) is 19.8 Å². The molecule has 0 unspecified atom stereocenters. The van der Waals surface area contributed by atoms with Crippen LogP contribution in [-0.4, -0.2) is 25.7 Å². The molecule has 1 amide bonds. The maximum absolute atomic E-state index is 12.1. The van der Waals surface area contributed by atoms with E-state index in [0.717, 1.165) is 0 Å². The molecule has 7 heteroatoms. The van der Waals surface area contributed by atoms with Crippen molar-refractivity contribution in [1.29, 1.82) is 0 Å². The Balaban J connectivity index is 1.90. The van der Waals surface area contributed by atoms with E-state index >= 15 is 0 Å². The van der Waals surface area contributed by atoms with Gasteiger partial charge in [0.1, 0.15) is 10.7 Å². The number of anilines is 1. The number of pyridine rings is 1. The van der Waals surface area contributed by atoms with Gasteiger partial charge in [-0.2, -0.15) is 14.8 Å². The SMILES string of the molecule is O=C(Nc1ccc(Cl)nc1)c1cnn2ncccc12. The summed E-state index contributed by atoms with van der Waals surface area (Å²) in [4.78, 5) is 16.0. The molecule has 0 aliphatic carbocycles. The number of rotatable bonds is 2. The average Bonchev–Trinajstić information content (AvgIpc) is 2.85. The minimum atomic E-state index is -0.271. The van der Waals surface area contributed by atoms with Crippen molar-refractivity contribution in [2.24, 2.45) is 0 Å². The molecule has 3 heterocycles. The van der Waals surface area contributed by atoms with Crippen LogP contribution in [-0.2, 0) is 0 Å². The first-order valence-electron chi connectivity index (χ1n) is 5.46.